The lowest BCUT2D eigenvalue weighted by Gasteiger charge is -2.23. The summed E-state index contributed by atoms with van der Waals surface area (Å²) in [6, 6.07) is 9.26. The molecule has 0 radical (unpaired) electrons. The number of nitrogens with zero attached hydrogens (tertiary/aromatic N) is 1. The number of halogens is 2. The number of ether oxygens (including phenoxy) is 1. The summed E-state index contributed by atoms with van der Waals surface area (Å²) in [5.41, 5.74) is 0.454. The molecule has 1 aromatic heterocycles. The molecule has 3 heterocycles. The molecule has 3 aromatic rings. The molecule has 0 saturated carbocycles. The van der Waals surface area contributed by atoms with Gasteiger partial charge in [-0.2, -0.15) is 0 Å². The van der Waals surface area contributed by atoms with Gasteiger partial charge >= 0.3 is 0 Å². The quantitative estimate of drug-likeness (QED) is 0.390. The Morgan fingerprint density at radius 1 is 1.10 bits per heavy atom. The first-order valence-electron chi connectivity index (χ1n) is 9.51. The molecule has 156 valence electrons. The molecule has 2 aliphatic rings. The first-order chi connectivity index (χ1) is 15.0. The van der Waals surface area contributed by atoms with E-state index < -0.39 is 40.8 Å². The second-order valence-electron chi connectivity index (χ2n) is 7.20. The number of fused-ring (bicyclic) bond motifs is 1. The van der Waals surface area contributed by atoms with Crippen LogP contribution in [0.2, 0.25) is 0 Å². The highest BCUT2D eigenvalue weighted by Crippen LogP contribution is 2.43. The largest absolute Gasteiger partial charge is 0.507 e. The SMILES string of the molecule is O=C1C(=O)N(c2cc(F)ccc2F)C(c2ccco2)/C1=C(/O)c1ccc2c(c1)CCO2. The van der Waals surface area contributed by atoms with E-state index >= 15 is 0 Å². The van der Waals surface area contributed by atoms with Gasteiger partial charge in [-0.1, -0.05) is 0 Å². The number of anilines is 1. The minimum absolute atomic E-state index is 0.119. The third kappa shape index (κ3) is 2.99. The maximum Gasteiger partial charge on any atom is 0.300 e. The maximum atomic E-state index is 14.5. The molecule has 0 spiro atoms. The van der Waals surface area contributed by atoms with Crippen molar-refractivity contribution in [3.05, 3.63) is 88.9 Å². The van der Waals surface area contributed by atoms with Crippen molar-refractivity contribution >= 4 is 23.1 Å². The lowest BCUT2D eigenvalue weighted by atomic mass is 9.98. The van der Waals surface area contributed by atoms with Crippen LogP contribution in [0.1, 0.15) is 22.9 Å². The van der Waals surface area contributed by atoms with Gasteiger partial charge in [-0.25, -0.2) is 8.78 Å². The molecule has 31 heavy (non-hydrogen) atoms. The normalized spacial score (nSPS) is 19.5. The molecular weight excluding hydrogens is 408 g/mol. The summed E-state index contributed by atoms with van der Waals surface area (Å²) >= 11 is 0. The van der Waals surface area contributed by atoms with Gasteiger partial charge in [0.25, 0.3) is 11.7 Å². The number of amides is 1. The molecule has 1 amide bonds. The highest BCUT2D eigenvalue weighted by atomic mass is 19.1. The van der Waals surface area contributed by atoms with Crippen LogP contribution < -0.4 is 9.64 Å². The number of benzene rings is 2. The van der Waals surface area contributed by atoms with E-state index in [1.807, 2.05) is 0 Å². The first-order valence-corrected chi connectivity index (χ1v) is 9.51. The van der Waals surface area contributed by atoms with E-state index in [2.05, 4.69) is 0 Å². The number of carbonyl (C=O) groups excluding carboxylic acids is 2. The standard InChI is InChI=1S/C23H15F2NO5/c24-14-4-5-15(25)16(11-14)26-20(18-2-1-8-30-18)19(22(28)23(26)29)21(27)13-3-6-17-12(10-13)7-9-31-17/h1-6,8,10-11,20,27H,7,9H2/b21-19-. The molecule has 2 aromatic carbocycles. The number of ketones is 1. The van der Waals surface area contributed by atoms with Crippen LogP contribution in [0.15, 0.2) is 64.8 Å². The van der Waals surface area contributed by atoms with E-state index in [0.29, 0.717) is 24.3 Å². The van der Waals surface area contributed by atoms with Crippen LogP contribution in [0.5, 0.6) is 5.75 Å². The highest BCUT2D eigenvalue weighted by Gasteiger charge is 2.49. The molecule has 6 nitrogen and oxygen atoms in total. The van der Waals surface area contributed by atoms with Gasteiger partial charge in [0.2, 0.25) is 0 Å². The van der Waals surface area contributed by atoms with Crippen molar-refractivity contribution in [2.24, 2.45) is 0 Å². The lowest BCUT2D eigenvalue weighted by molar-refractivity contribution is -0.132. The predicted molar refractivity (Wildman–Crippen MR) is 105 cm³/mol. The number of hydrogen-bond acceptors (Lipinski definition) is 5. The smallest absolute Gasteiger partial charge is 0.300 e. The Morgan fingerprint density at radius 2 is 1.94 bits per heavy atom. The van der Waals surface area contributed by atoms with E-state index in [1.165, 1.54) is 18.4 Å². The fraction of sp³-hybridized carbons (Fsp3) is 0.130. The summed E-state index contributed by atoms with van der Waals surface area (Å²) in [4.78, 5) is 26.6. The Labute approximate surface area is 175 Å². The number of rotatable bonds is 3. The first kappa shape index (κ1) is 19.0. The number of Topliss-reactive ketones (excluding diaryl/α,β-unsaturated/α-hetero) is 1. The summed E-state index contributed by atoms with van der Waals surface area (Å²) in [7, 11) is 0. The average molecular weight is 423 g/mol. The summed E-state index contributed by atoms with van der Waals surface area (Å²) in [5, 5.41) is 11.0. The van der Waals surface area contributed by atoms with E-state index in [0.717, 1.165) is 28.7 Å². The molecule has 1 unspecified atom stereocenters. The van der Waals surface area contributed by atoms with Crippen LogP contribution >= 0.6 is 0 Å². The van der Waals surface area contributed by atoms with Gasteiger partial charge in [0.15, 0.2) is 0 Å². The van der Waals surface area contributed by atoms with Crippen LogP contribution in [0.4, 0.5) is 14.5 Å². The van der Waals surface area contributed by atoms with Gasteiger partial charge in [0.1, 0.15) is 34.9 Å². The Balaban J connectivity index is 1.71. The van der Waals surface area contributed by atoms with Crippen LogP contribution in [-0.2, 0) is 16.0 Å². The minimum atomic E-state index is -1.27. The van der Waals surface area contributed by atoms with Gasteiger partial charge in [-0.3, -0.25) is 14.5 Å². The fourth-order valence-corrected chi connectivity index (χ4v) is 3.96. The van der Waals surface area contributed by atoms with Gasteiger partial charge in [-0.15, -0.1) is 0 Å². The molecule has 2 aliphatic heterocycles. The van der Waals surface area contributed by atoms with Crippen molar-refractivity contribution in [1.29, 1.82) is 0 Å². The van der Waals surface area contributed by atoms with Crippen molar-refractivity contribution in [2.75, 3.05) is 11.5 Å². The van der Waals surface area contributed by atoms with Crippen LogP contribution in [0.3, 0.4) is 0 Å². The highest BCUT2D eigenvalue weighted by molar-refractivity contribution is 6.51. The van der Waals surface area contributed by atoms with Gasteiger partial charge in [0, 0.05) is 18.1 Å². The van der Waals surface area contributed by atoms with Crippen LogP contribution in [0.25, 0.3) is 5.76 Å². The molecule has 1 saturated heterocycles. The van der Waals surface area contributed by atoms with Crippen molar-refractivity contribution < 1.29 is 32.6 Å². The topological polar surface area (TPSA) is 80.0 Å². The van der Waals surface area contributed by atoms with Gasteiger partial charge < -0.3 is 14.3 Å². The Morgan fingerprint density at radius 3 is 2.71 bits per heavy atom. The van der Waals surface area contributed by atoms with Crippen molar-refractivity contribution in [3.63, 3.8) is 0 Å². The zero-order chi connectivity index (χ0) is 21.7. The Bertz CT molecular complexity index is 1250. The van der Waals surface area contributed by atoms with Crippen molar-refractivity contribution in [3.8, 4) is 5.75 Å². The van der Waals surface area contributed by atoms with Gasteiger partial charge in [0.05, 0.1) is 24.1 Å². The number of aliphatic hydroxyl groups excluding tert-OH is 1. The van der Waals surface area contributed by atoms with Crippen molar-refractivity contribution in [2.45, 2.75) is 12.5 Å². The molecule has 1 fully saturated rings. The van der Waals surface area contributed by atoms with E-state index in [-0.39, 0.29) is 11.3 Å². The Kier molecular flexibility index (Phi) is 4.35. The van der Waals surface area contributed by atoms with E-state index in [4.69, 9.17) is 9.15 Å². The molecule has 0 bridgehead atoms. The van der Waals surface area contributed by atoms with Crippen molar-refractivity contribution in [1.82, 2.24) is 0 Å². The lowest BCUT2D eigenvalue weighted by Crippen LogP contribution is -2.30. The van der Waals surface area contributed by atoms with Gasteiger partial charge in [-0.05, 0) is 48.0 Å². The third-order valence-electron chi connectivity index (χ3n) is 5.39. The third-order valence-corrected chi connectivity index (χ3v) is 5.39. The van der Waals surface area contributed by atoms with E-state index in [9.17, 15) is 23.5 Å². The monoisotopic (exact) mass is 423 g/mol. The molecular formula is C23H15F2NO5. The zero-order valence-electron chi connectivity index (χ0n) is 16.0. The van der Waals surface area contributed by atoms with E-state index in [1.54, 1.807) is 18.2 Å². The molecule has 1 atom stereocenters. The number of aliphatic hydroxyl groups is 1. The second kappa shape index (κ2) is 7.09. The number of furan rings is 1. The van der Waals surface area contributed by atoms with Crippen LogP contribution in [-0.4, -0.2) is 23.4 Å². The minimum Gasteiger partial charge on any atom is -0.507 e. The predicted octanol–water partition coefficient (Wildman–Crippen LogP) is 4.12. The molecule has 8 heteroatoms. The molecule has 5 rings (SSSR count). The Hall–Kier alpha value is -3.94. The zero-order valence-corrected chi connectivity index (χ0v) is 16.0. The summed E-state index contributed by atoms with van der Waals surface area (Å²) < 4.78 is 39.3. The maximum absolute atomic E-state index is 14.5. The second-order valence-corrected chi connectivity index (χ2v) is 7.20. The molecule has 0 aliphatic carbocycles. The number of hydrogen-bond donors (Lipinski definition) is 1. The number of carbonyl (C=O) groups is 2. The van der Waals surface area contributed by atoms with Crippen LogP contribution in [0, 0.1) is 11.6 Å². The summed E-state index contributed by atoms with van der Waals surface area (Å²) in [6.45, 7) is 0.509. The summed E-state index contributed by atoms with van der Waals surface area (Å²) in [5.74, 6) is -3.44. The summed E-state index contributed by atoms with van der Waals surface area (Å²) in [6.07, 6.45) is 1.96. The molecule has 1 N–H and O–H groups in total. The average Bonchev–Trinajstić information content (AvgIpc) is 3.50. The fourth-order valence-electron chi connectivity index (χ4n) is 3.96.